The van der Waals surface area contributed by atoms with Gasteiger partial charge in [0.1, 0.15) is 12.6 Å². The standard InChI is InChI=1S/C25H37N3O4/c1-18(25(2,3)11-12-26-24(31)19-9-5-4-6-10-19)15-22(30)27-23-20(29)17-32-21(23)16-28-13-7-8-14-28/h4-6,9-10,18,21,23H,7-8,11-17H2,1-3H3,(H,26,31)(H,27,30). The van der Waals surface area contributed by atoms with Gasteiger partial charge in [-0.15, -0.1) is 0 Å². The molecule has 2 amide bonds. The molecule has 3 rings (SSSR count). The Morgan fingerprint density at radius 1 is 1.19 bits per heavy atom. The van der Waals surface area contributed by atoms with Crippen LogP contribution in [0.25, 0.3) is 0 Å². The van der Waals surface area contributed by atoms with Gasteiger partial charge in [0.05, 0.1) is 6.10 Å². The first-order valence-electron chi connectivity index (χ1n) is 11.8. The zero-order chi connectivity index (χ0) is 23.1. The molecule has 3 unspecified atom stereocenters. The van der Waals surface area contributed by atoms with Gasteiger partial charge in [-0.25, -0.2) is 0 Å². The van der Waals surface area contributed by atoms with Gasteiger partial charge in [0.15, 0.2) is 5.78 Å². The highest BCUT2D eigenvalue weighted by atomic mass is 16.5. The van der Waals surface area contributed by atoms with E-state index in [1.807, 2.05) is 25.1 Å². The number of benzene rings is 1. The maximum Gasteiger partial charge on any atom is 0.251 e. The van der Waals surface area contributed by atoms with Crippen LogP contribution >= 0.6 is 0 Å². The molecule has 176 valence electrons. The lowest BCUT2D eigenvalue weighted by molar-refractivity contribution is -0.127. The molecule has 0 saturated carbocycles. The van der Waals surface area contributed by atoms with E-state index in [1.165, 1.54) is 12.8 Å². The Kier molecular flexibility index (Phi) is 8.43. The molecule has 32 heavy (non-hydrogen) atoms. The highest BCUT2D eigenvalue weighted by Gasteiger charge is 2.39. The zero-order valence-electron chi connectivity index (χ0n) is 19.6. The summed E-state index contributed by atoms with van der Waals surface area (Å²) in [5.74, 6) is -0.159. The quantitative estimate of drug-likeness (QED) is 0.580. The molecule has 3 atom stereocenters. The maximum absolute atomic E-state index is 12.7. The van der Waals surface area contributed by atoms with Crippen LogP contribution < -0.4 is 10.6 Å². The number of likely N-dealkylation sites (tertiary alicyclic amines) is 1. The van der Waals surface area contributed by atoms with Gasteiger partial charge in [0.25, 0.3) is 5.91 Å². The second-order valence-corrected chi connectivity index (χ2v) is 9.83. The van der Waals surface area contributed by atoms with E-state index >= 15 is 0 Å². The fourth-order valence-electron chi connectivity index (χ4n) is 4.36. The monoisotopic (exact) mass is 443 g/mol. The van der Waals surface area contributed by atoms with Crippen molar-refractivity contribution < 1.29 is 19.1 Å². The number of hydrogen-bond acceptors (Lipinski definition) is 5. The number of carbonyl (C=O) groups excluding carboxylic acids is 3. The van der Waals surface area contributed by atoms with E-state index in [1.54, 1.807) is 12.1 Å². The van der Waals surface area contributed by atoms with Crippen LogP contribution in [-0.2, 0) is 14.3 Å². The van der Waals surface area contributed by atoms with Crippen LogP contribution in [0.2, 0.25) is 0 Å². The van der Waals surface area contributed by atoms with E-state index in [0.717, 1.165) is 19.5 Å². The van der Waals surface area contributed by atoms with Crippen molar-refractivity contribution in [2.75, 3.05) is 32.8 Å². The number of ketones is 1. The Morgan fingerprint density at radius 3 is 2.56 bits per heavy atom. The summed E-state index contributed by atoms with van der Waals surface area (Å²) in [6, 6.07) is 8.59. The molecule has 7 heteroatoms. The van der Waals surface area contributed by atoms with E-state index < -0.39 is 6.04 Å². The van der Waals surface area contributed by atoms with Crippen molar-refractivity contribution in [2.24, 2.45) is 11.3 Å². The molecule has 0 radical (unpaired) electrons. The minimum Gasteiger partial charge on any atom is -0.366 e. The molecular formula is C25H37N3O4. The van der Waals surface area contributed by atoms with Crippen LogP contribution in [0.5, 0.6) is 0 Å². The van der Waals surface area contributed by atoms with Crippen LogP contribution in [0.15, 0.2) is 30.3 Å². The number of carbonyl (C=O) groups is 3. The maximum atomic E-state index is 12.7. The third-order valence-corrected chi connectivity index (χ3v) is 7.03. The summed E-state index contributed by atoms with van der Waals surface area (Å²) in [7, 11) is 0. The lowest BCUT2D eigenvalue weighted by Gasteiger charge is -2.32. The van der Waals surface area contributed by atoms with Crippen molar-refractivity contribution in [1.82, 2.24) is 15.5 Å². The van der Waals surface area contributed by atoms with Crippen LogP contribution in [0, 0.1) is 11.3 Å². The third kappa shape index (κ3) is 6.62. The molecule has 0 spiro atoms. The summed E-state index contributed by atoms with van der Waals surface area (Å²) in [4.78, 5) is 39.6. The van der Waals surface area contributed by atoms with Crippen molar-refractivity contribution in [1.29, 1.82) is 0 Å². The van der Waals surface area contributed by atoms with Gasteiger partial charge in [-0.05, 0) is 55.8 Å². The number of Topliss-reactive ketones (excluding diaryl/α,β-unsaturated/α-hetero) is 1. The number of rotatable bonds is 10. The van der Waals surface area contributed by atoms with E-state index in [4.69, 9.17) is 4.74 Å². The lowest BCUT2D eigenvalue weighted by atomic mass is 9.75. The van der Waals surface area contributed by atoms with E-state index in [0.29, 0.717) is 25.1 Å². The molecular weight excluding hydrogens is 406 g/mol. The predicted octanol–water partition coefficient (Wildman–Crippen LogP) is 2.41. The van der Waals surface area contributed by atoms with Gasteiger partial charge < -0.3 is 20.3 Å². The van der Waals surface area contributed by atoms with Crippen LogP contribution in [0.1, 0.15) is 56.8 Å². The number of nitrogens with zero attached hydrogens (tertiary/aromatic N) is 1. The predicted molar refractivity (Wildman–Crippen MR) is 123 cm³/mol. The summed E-state index contributed by atoms with van der Waals surface area (Å²) in [6.45, 7) is 9.64. The van der Waals surface area contributed by atoms with E-state index in [2.05, 4.69) is 29.4 Å². The third-order valence-electron chi connectivity index (χ3n) is 7.03. The molecule has 0 aromatic heterocycles. The van der Waals surface area contributed by atoms with Crippen LogP contribution in [-0.4, -0.2) is 67.4 Å². The molecule has 0 bridgehead atoms. The first-order valence-corrected chi connectivity index (χ1v) is 11.8. The highest BCUT2D eigenvalue weighted by Crippen LogP contribution is 2.32. The largest absolute Gasteiger partial charge is 0.366 e. The second-order valence-electron chi connectivity index (χ2n) is 9.83. The van der Waals surface area contributed by atoms with Gasteiger partial charge in [-0.2, -0.15) is 0 Å². The Hall–Kier alpha value is -2.25. The first kappa shape index (κ1) is 24.4. The van der Waals surface area contributed by atoms with E-state index in [9.17, 15) is 14.4 Å². The second kappa shape index (κ2) is 11.1. The Labute approximate surface area is 191 Å². The average molecular weight is 444 g/mol. The molecule has 2 saturated heterocycles. The number of ether oxygens (including phenoxy) is 1. The van der Waals surface area contributed by atoms with Gasteiger partial charge in [-0.1, -0.05) is 39.0 Å². The molecule has 1 aromatic carbocycles. The Balaban J connectivity index is 1.44. The van der Waals surface area contributed by atoms with E-state index in [-0.39, 0.29) is 41.6 Å². The minimum atomic E-state index is -0.552. The summed E-state index contributed by atoms with van der Waals surface area (Å²) in [6.07, 6.45) is 3.18. The number of hydrogen-bond donors (Lipinski definition) is 2. The molecule has 2 fully saturated rings. The summed E-state index contributed by atoms with van der Waals surface area (Å²) >= 11 is 0. The zero-order valence-corrected chi connectivity index (χ0v) is 19.6. The molecule has 2 N–H and O–H groups in total. The molecule has 7 nitrogen and oxygen atoms in total. The number of nitrogens with one attached hydrogen (secondary N) is 2. The fraction of sp³-hybridized carbons (Fsp3) is 0.640. The smallest absolute Gasteiger partial charge is 0.251 e. The first-order chi connectivity index (χ1) is 15.3. The minimum absolute atomic E-state index is 0.0434. The van der Waals surface area contributed by atoms with Gasteiger partial charge in [0.2, 0.25) is 5.91 Å². The molecule has 2 heterocycles. The molecule has 0 aliphatic carbocycles. The van der Waals surface area contributed by atoms with Gasteiger partial charge in [0, 0.05) is 25.1 Å². The van der Waals surface area contributed by atoms with Crippen molar-refractivity contribution in [3.63, 3.8) is 0 Å². The molecule has 2 aliphatic heterocycles. The Morgan fingerprint density at radius 2 is 1.88 bits per heavy atom. The number of amides is 2. The van der Waals surface area contributed by atoms with Crippen molar-refractivity contribution in [3.8, 4) is 0 Å². The average Bonchev–Trinajstić information content (AvgIpc) is 3.39. The lowest BCUT2D eigenvalue weighted by Crippen LogP contribution is -2.49. The van der Waals surface area contributed by atoms with Gasteiger partial charge in [-0.3, -0.25) is 14.4 Å². The Bertz CT molecular complexity index is 790. The SMILES string of the molecule is CC(CC(=O)NC1C(=O)COC1CN1CCCC1)C(C)(C)CCNC(=O)c1ccccc1. The van der Waals surface area contributed by atoms with Gasteiger partial charge >= 0.3 is 0 Å². The van der Waals surface area contributed by atoms with Crippen molar-refractivity contribution in [2.45, 2.75) is 58.6 Å². The topological polar surface area (TPSA) is 87.7 Å². The van der Waals surface area contributed by atoms with Crippen LogP contribution in [0.3, 0.4) is 0 Å². The summed E-state index contributed by atoms with van der Waals surface area (Å²) < 4.78 is 5.68. The normalized spacial score (nSPS) is 22.7. The fourth-order valence-corrected chi connectivity index (χ4v) is 4.36. The molecule has 1 aromatic rings. The highest BCUT2D eigenvalue weighted by molar-refractivity contribution is 5.94. The van der Waals surface area contributed by atoms with Crippen molar-refractivity contribution in [3.05, 3.63) is 35.9 Å². The van der Waals surface area contributed by atoms with Crippen molar-refractivity contribution >= 4 is 17.6 Å². The molecule has 2 aliphatic rings. The van der Waals surface area contributed by atoms with Crippen LogP contribution in [0.4, 0.5) is 0 Å². The summed E-state index contributed by atoms with van der Waals surface area (Å²) in [5.41, 5.74) is 0.497. The summed E-state index contributed by atoms with van der Waals surface area (Å²) in [5, 5.41) is 5.90.